The Kier molecular flexibility index (Phi) is 15.8. The Morgan fingerprint density at radius 1 is 0.667 bits per heavy atom. The van der Waals surface area contributed by atoms with Crippen LogP contribution in [0.4, 0.5) is 9.59 Å². The number of ether oxygens (including phenoxy) is 2. The average Bonchev–Trinajstić information content (AvgIpc) is 2.99. The van der Waals surface area contributed by atoms with Gasteiger partial charge in [-0.1, -0.05) is 54.6 Å². The van der Waals surface area contributed by atoms with Gasteiger partial charge in [-0.3, -0.25) is 19.7 Å². The SMILES string of the molecule is COC(=O)NCCCC[C@H](NC(=O)OC)C(=O)NCCC(=O)NC(=O)Cc1ccc(CCCCc2ccccc2)cc1. The zero-order valence-corrected chi connectivity index (χ0v) is 24.4. The van der Waals surface area contributed by atoms with Crippen molar-refractivity contribution in [2.45, 2.75) is 63.8 Å². The molecule has 0 saturated heterocycles. The van der Waals surface area contributed by atoms with Crippen LogP contribution in [0.25, 0.3) is 0 Å². The number of nitrogens with one attached hydrogen (secondary N) is 4. The van der Waals surface area contributed by atoms with Gasteiger partial charge < -0.3 is 25.4 Å². The number of hydrogen-bond acceptors (Lipinski definition) is 7. The van der Waals surface area contributed by atoms with E-state index >= 15 is 0 Å². The van der Waals surface area contributed by atoms with E-state index < -0.39 is 35.9 Å². The molecule has 0 fully saturated rings. The van der Waals surface area contributed by atoms with Crippen LogP contribution < -0.4 is 21.3 Å². The quantitative estimate of drug-likeness (QED) is 0.209. The molecule has 1 atom stereocenters. The number of imide groups is 1. The Hall–Kier alpha value is -4.41. The lowest BCUT2D eigenvalue weighted by Gasteiger charge is -2.17. The Balaban J connectivity index is 1.66. The zero-order valence-electron chi connectivity index (χ0n) is 24.4. The van der Waals surface area contributed by atoms with Crippen LogP contribution in [0.1, 0.15) is 55.2 Å². The van der Waals surface area contributed by atoms with Crippen LogP contribution in [0.15, 0.2) is 54.6 Å². The summed E-state index contributed by atoms with van der Waals surface area (Å²) in [5, 5.41) is 9.94. The number of methoxy groups -OCH3 is 2. The maximum absolute atomic E-state index is 12.6. The highest BCUT2D eigenvalue weighted by Gasteiger charge is 2.21. The first-order valence-corrected chi connectivity index (χ1v) is 14.2. The molecule has 2 aromatic rings. The number of hydrogen-bond donors (Lipinski definition) is 4. The smallest absolute Gasteiger partial charge is 0.407 e. The summed E-state index contributed by atoms with van der Waals surface area (Å²) >= 11 is 0. The van der Waals surface area contributed by atoms with Gasteiger partial charge in [-0.15, -0.1) is 0 Å². The van der Waals surface area contributed by atoms with Gasteiger partial charge in [-0.25, -0.2) is 9.59 Å². The van der Waals surface area contributed by atoms with Gasteiger partial charge in [0.2, 0.25) is 17.7 Å². The third-order valence-corrected chi connectivity index (χ3v) is 6.51. The van der Waals surface area contributed by atoms with Crippen LogP contribution in [0.2, 0.25) is 0 Å². The molecule has 0 aliphatic carbocycles. The number of benzene rings is 2. The average molecular weight is 583 g/mol. The van der Waals surface area contributed by atoms with Gasteiger partial charge >= 0.3 is 12.2 Å². The summed E-state index contributed by atoms with van der Waals surface area (Å²) in [7, 11) is 2.45. The fourth-order valence-electron chi connectivity index (χ4n) is 4.20. The van der Waals surface area contributed by atoms with Crippen LogP contribution in [0.5, 0.6) is 0 Å². The molecule has 42 heavy (non-hydrogen) atoms. The molecule has 0 bridgehead atoms. The lowest BCUT2D eigenvalue weighted by molar-refractivity contribution is -0.130. The highest BCUT2D eigenvalue weighted by Crippen LogP contribution is 2.11. The number of unbranched alkanes of at least 4 members (excludes halogenated alkanes) is 2. The van der Waals surface area contributed by atoms with E-state index in [4.69, 9.17) is 0 Å². The lowest BCUT2D eigenvalue weighted by atomic mass is 10.0. The molecule has 0 unspecified atom stereocenters. The molecule has 2 aromatic carbocycles. The van der Waals surface area contributed by atoms with E-state index in [0.717, 1.165) is 31.2 Å². The second kappa shape index (κ2) is 19.6. The Bertz CT molecular complexity index is 1140. The van der Waals surface area contributed by atoms with Gasteiger partial charge in [0.05, 0.1) is 20.6 Å². The third kappa shape index (κ3) is 14.3. The second-order valence-electron chi connectivity index (χ2n) is 9.80. The molecule has 0 aliphatic heterocycles. The number of amides is 5. The van der Waals surface area contributed by atoms with E-state index in [1.165, 1.54) is 25.3 Å². The maximum atomic E-state index is 12.6. The van der Waals surface area contributed by atoms with Gasteiger partial charge in [-0.2, -0.15) is 0 Å². The van der Waals surface area contributed by atoms with Crippen molar-refractivity contribution in [3.8, 4) is 0 Å². The van der Waals surface area contributed by atoms with E-state index in [0.29, 0.717) is 25.8 Å². The summed E-state index contributed by atoms with van der Waals surface area (Å²) < 4.78 is 9.07. The van der Waals surface area contributed by atoms with Crippen molar-refractivity contribution in [3.05, 3.63) is 71.3 Å². The normalized spacial score (nSPS) is 11.1. The minimum absolute atomic E-state index is 0.0137. The van der Waals surface area contributed by atoms with Crippen molar-refractivity contribution >= 4 is 29.9 Å². The summed E-state index contributed by atoms with van der Waals surface area (Å²) in [5.41, 5.74) is 3.35. The van der Waals surface area contributed by atoms with Crippen molar-refractivity contribution in [1.82, 2.24) is 21.3 Å². The Labute approximate surface area is 247 Å². The molecule has 0 aromatic heterocycles. The molecule has 0 saturated carbocycles. The second-order valence-corrected chi connectivity index (χ2v) is 9.80. The topological polar surface area (TPSA) is 152 Å². The highest BCUT2D eigenvalue weighted by atomic mass is 16.5. The summed E-state index contributed by atoms with van der Waals surface area (Å²) in [6, 6.07) is 17.3. The van der Waals surface area contributed by atoms with E-state index in [-0.39, 0.29) is 19.4 Å². The number of carbonyl (C=O) groups is 5. The molecule has 0 spiro atoms. The Morgan fingerprint density at radius 2 is 1.29 bits per heavy atom. The van der Waals surface area contributed by atoms with E-state index in [1.807, 2.05) is 30.3 Å². The van der Waals surface area contributed by atoms with Crippen LogP contribution in [-0.4, -0.2) is 63.3 Å². The standard InChI is InChI=1S/C31H42N4O7/c1-41-30(39)33-20-9-8-14-26(34-31(40)42-2)29(38)32-21-19-27(36)35-28(37)22-25-17-15-24(16-18-25)13-7-6-12-23-10-4-3-5-11-23/h3-5,10-11,15-18,26H,6-9,12-14,19-22H2,1-2H3,(H,32,38)(H,33,39)(H,34,40)(H,35,36,37)/t26-/m0/s1. The fourth-order valence-corrected chi connectivity index (χ4v) is 4.20. The van der Waals surface area contributed by atoms with Crippen LogP contribution >= 0.6 is 0 Å². The van der Waals surface area contributed by atoms with E-state index in [1.54, 1.807) is 0 Å². The molecule has 0 aliphatic rings. The fraction of sp³-hybridized carbons (Fsp3) is 0.452. The number of carbonyl (C=O) groups excluding carboxylic acids is 5. The molecule has 4 N–H and O–H groups in total. The van der Waals surface area contributed by atoms with E-state index in [9.17, 15) is 24.0 Å². The third-order valence-electron chi connectivity index (χ3n) is 6.51. The first-order chi connectivity index (χ1) is 20.3. The predicted octanol–water partition coefficient (Wildman–Crippen LogP) is 3.19. The molecule has 228 valence electrons. The molecule has 11 heteroatoms. The van der Waals surface area contributed by atoms with E-state index in [2.05, 4.69) is 55.0 Å². The number of aryl methyl sites for hydroxylation is 2. The first kappa shape index (κ1) is 33.8. The maximum Gasteiger partial charge on any atom is 0.407 e. The van der Waals surface area contributed by atoms with Gasteiger partial charge in [-0.05, 0) is 61.6 Å². The lowest BCUT2D eigenvalue weighted by Crippen LogP contribution is -2.47. The molecule has 2 rings (SSSR count). The van der Waals surface area contributed by atoms with Crippen LogP contribution in [-0.2, 0) is 43.1 Å². The van der Waals surface area contributed by atoms with Crippen LogP contribution in [0, 0.1) is 0 Å². The van der Waals surface area contributed by atoms with Gasteiger partial charge in [0.15, 0.2) is 0 Å². The van der Waals surface area contributed by atoms with Crippen molar-refractivity contribution < 1.29 is 33.4 Å². The molecule has 0 heterocycles. The molecule has 11 nitrogen and oxygen atoms in total. The minimum Gasteiger partial charge on any atom is -0.453 e. The van der Waals surface area contributed by atoms with Crippen molar-refractivity contribution in [2.75, 3.05) is 27.3 Å². The Morgan fingerprint density at radius 3 is 1.93 bits per heavy atom. The molecular weight excluding hydrogens is 540 g/mol. The highest BCUT2D eigenvalue weighted by molar-refractivity contribution is 5.96. The van der Waals surface area contributed by atoms with Gasteiger partial charge in [0.25, 0.3) is 0 Å². The summed E-state index contributed by atoms with van der Waals surface area (Å²) in [5.74, 6) is -1.42. The summed E-state index contributed by atoms with van der Waals surface area (Å²) in [4.78, 5) is 59.9. The zero-order chi connectivity index (χ0) is 30.6. The van der Waals surface area contributed by atoms with Crippen molar-refractivity contribution in [1.29, 1.82) is 0 Å². The summed E-state index contributed by atoms with van der Waals surface area (Å²) in [6.45, 7) is 0.340. The molecule has 0 radical (unpaired) electrons. The van der Waals surface area contributed by atoms with Gasteiger partial charge in [0.1, 0.15) is 6.04 Å². The number of alkyl carbamates (subject to hydrolysis) is 2. The predicted molar refractivity (Wildman–Crippen MR) is 158 cm³/mol. The van der Waals surface area contributed by atoms with Gasteiger partial charge in [0, 0.05) is 19.5 Å². The van der Waals surface area contributed by atoms with Crippen molar-refractivity contribution in [2.24, 2.45) is 0 Å². The molecular formula is C31H42N4O7. The monoisotopic (exact) mass is 582 g/mol. The summed E-state index contributed by atoms with van der Waals surface area (Å²) in [6.07, 6.45) is 4.24. The molecule has 5 amide bonds. The minimum atomic E-state index is -0.882. The van der Waals surface area contributed by atoms with Crippen LogP contribution in [0.3, 0.4) is 0 Å². The van der Waals surface area contributed by atoms with Crippen molar-refractivity contribution in [3.63, 3.8) is 0 Å². The first-order valence-electron chi connectivity index (χ1n) is 14.2. The number of rotatable bonds is 17. The largest absolute Gasteiger partial charge is 0.453 e.